The average Bonchev–Trinajstić information content (AvgIpc) is 2.77. The fraction of sp³-hybridized carbons (Fsp3) is 0.423. The van der Waals surface area contributed by atoms with Crippen LogP contribution in [-0.2, 0) is 11.3 Å². The Bertz CT molecular complexity index is 792. The number of nitrogens with one attached hydrogen (secondary N) is 1. The van der Waals surface area contributed by atoms with Gasteiger partial charge in [-0.2, -0.15) is 0 Å². The molecule has 0 saturated heterocycles. The van der Waals surface area contributed by atoms with Gasteiger partial charge in [-0.15, -0.1) is 0 Å². The van der Waals surface area contributed by atoms with Gasteiger partial charge in [-0.3, -0.25) is 4.79 Å². The summed E-state index contributed by atoms with van der Waals surface area (Å²) in [5, 5.41) is 2.80. The summed E-state index contributed by atoms with van der Waals surface area (Å²) in [4.78, 5) is 14.5. The minimum atomic E-state index is -0.186. The van der Waals surface area contributed by atoms with E-state index < -0.39 is 0 Å². The number of carbonyl (C=O) groups excluding carboxylic acids is 1. The second-order valence-corrected chi connectivity index (χ2v) is 7.85. The maximum atomic E-state index is 12.1. The molecule has 30 heavy (non-hydrogen) atoms. The molecular weight excluding hydrogens is 370 g/mol. The molecule has 2 aromatic rings. The molecule has 0 aromatic heterocycles. The van der Waals surface area contributed by atoms with E-state index in [1.807, 2.05) is 32.1 Å². The number of nitrogens with two attached hydrogens (primary N) is 1. The van der Waals surface area contributed by atoms with Crippen molar-refractivity contribution in [2.75, 3.05) is 24.6 Å². The molecule has 2 aromatic carbocycles. The molecule has 3 N–H and O–H groups in total. The van der Waals surface area contributed by atoms with Crippen molar-refractivity contribution in [2.24, 2.45) is 5.92 Å². The molecule has 162 valence electrons. The molecule has 1 aliphatic carbocycles. The highest BCUT2D eigenvalue weighted by molar-refractivity contribution is 6.03. The number of hydrogen-bond donors (Lipinski definition) is 2. The Hall–Kier alpha value is -2.59. The summed E-state index contributed by atoms with van der Waals surface area (Å²) in [6, 6.07) is 15.7. The quantitative estimate of drug-likeness (QED) is 0.440. The van der Waals surface area contributed by atoms with E-state index in [2.05, 4.69) is 41.5 Å². The number of amides is 1. The molecule has 0 spiro atoms. The molecule has 0 aliphatic heterocycles. The van der Waals surface area contributed by atoms with Gasteiger partial charge in [0.15, 0.2) is 0 Å². The predicted molar refractivity (Wildman–Crippen MR) is 129 cm³/mol. The largest absolute Gasteiger partial charge is 0.397 e. The number of hydrogen-bond acceptors (Lipinski definition) is 3. The van der Waals surface area contributed by atoms with Crippen molar-refractivity contribution < 1.29 is 4.79 Å². The zero-order valence-electron chi connectivity index (χ0n) is 18.7. The van der Waals surface area contributed by atoms with Crippen LogP contribution in [0, 0.1) is 5.92 Å². The van der Waals surface area contributed by atoms with Crippen molar-refractivity contribution in [1.82, 2.24) is 4.90 Å². The van der Waals surface area contributed by atoms with E-state index in [0.29, 0.717) is 11.4 Å². The zero-order chi connectivity index (χ0) is 21.8. The van der Waals surface area contributed by atoms with Crippen LogP contribution < -0.4 is 11.1 Å². The minimum absolute atomic E-state index is 0.186. The molecule has 0 radical (unpaired) electrons. The number of benzene rings is 2. The molecule has 0 heterocycles. The van der Waals surface area contributed by atoms with Gasteiger partial charge < -0.3 is 16.0 Å². The second-order valence-electron chi connectivity index (χ2n) is 7.85. The van der Waals surface area contributed by atoms with Crippen LogP contribution in [0.15, 0.2) is 54.6 Å². The fourth-order valence-electron chi connectivity index (χ4n) is 3.88. The fourth-order valence-corrected chi connectivity index (χ4v) is 3.88. The van der Waals surface area contributed by atoms with Crippen LogP contribution >= 0.6 is 0 Å². The van der Waals surface area contributed by atoms with Gasteiger partial charge in [0.2, 0.25) is 5.91 Å². The van der Waals surface area contributed by atoms with Gasteiger partial charge in [-0.1, -0.05) is 69.5 Å². The Balaban J connectivity index is 0.00000155. The van der Waals surface area contributed by atoms with Crippen molar-refractivity contribution in [1.29, 1.82) is 0 Å². The summed E-state index contributed by atoms with van der Waals surface area (Å²) < 4.78 is 0. The minimum Gasteiger partial charge on any atom is -0.397 e. The lowest BCUT2D eigenvalue weighted by molar-refractivity contribution is -0.111. The highest BCUT2D eigenvalue weighted by Crippen LogP contribution is 2.24. The zero-order valence-corrected chi connectivity index (χ0v) is 18.7. The van der Waals surface area contributed by atoms with E-state index in [-0.39, 0.29) is 5.91 Å². The molecule has 3 rings (SSSR count). The van der Waals surface area contributed by atoms with Gasteiger partial charge in [0.1, 0.15) is 0 Å². The lowest BCUT2D eigenvalue weighted by Gasteiger charge is -2.27. The second kappa shape index (κ2) is 12.9. The van der Waals surface area contributed by atoms with Gasteiger partial charge in [0.25, 0.3) is 0 Å². The van der Waals surface area contributed by atoms with Crippen LogP contribution in [0.25, 0.3) is 6.08 Å². The summed E-state index contributed by atoms with van der Waals surface area (Å²) in [7, 11) is 2.21. The lowest BCUT2D eigenvalue weighted by Crippen LogP contribution is -2.26. The van der Waals surface area contributed by atoms with Crippen molar-refractivity contribution in [2.45, 2.75) is 52.5 Å². The Morgan fingerprint density at radius 3 is 2.40 bits per heavy atom. The first-order valence-corrected chi connectivity index (χ1v) is 11.2. The number of carbonyl (C=O) groups is 1. The summed E-state index contributed by atoms with van der Waals surface area (Å²) in [5.41, 5.74) is 9.35. The number of para-hydroxylation sites is 2. The molecular formula is C26H37N3O. The molecule has 1 amide bonds. The van der Waals surface area contributed by atoms with Gasteiger partial charge >= 0.3 is 0 Å². The highest BCUT2D eigenvalue weighted by Gasteiger charge is 2.15. The summed E-state index contributed by atoms with van der Waals surface area (Å²) in [6.07, 6.45) is 10.3. The first-order chi connectivity index (χ1) is 14.6. The summed E-state index contributed by atoms with van der Waals surface area (Å²) in [6.45, 7) is 6.15. The Kier molecular flexibility index (Phi) is 10.2. The highest BCUT2D eigenvalue weighted by atomic mass is 16.1. The van der Waals surface area contributed by atoms with E-state index in [4.69, 9.17) is 5.73 Å². The number of nitrogen functional groups attached to an aromatic ring is 1. The Morgan fingerprint density at radius 2 is 1.73 bits per heavy atom. The van der Waals surface area contributed by atoms with Crippen LogP contribution in [-0.4, -0.2) is 24.4 Å². The molecule has 0 unspecified atom stereocenters. The Labute approximate surface area is 182 Å². The van der Waals surface area contributed by atoms with Crippen LogP contribution in [0.2, 0.25) is 0 Å². The third-order valence-electron chi connectivity index (χ3n) is 5.37. The topological polar surface area (TPSA) is 58.4 Å². The van der Waals surface area contributed by atoms with Gasteiger partial charge in [0, 0.05) is 19.2 Å². The van der Waals surface area contributed by atoms with E-state index in [9.17, 15) is 4.79 Å². The van der Waals surface area contributed by atoms with Crippen LogP contribution in [0.3, 0.4) is 0 Å². The van der Waals surface area contributed by atoms with Gasteiger partial charge in [0.05, 0.1) is 11.4 Å². The summed E-state index contributed by atoms with van der Waals surface area (Å²) >= 11 is 0. The molecule has 1 aliphatic rings. The summed E-state index contributed by atoms with van der Waals surface area (Å²) in [5.74, 6) is 0.673. The van der Waals surface area contributed by atoms with Crippen LogP contribution in [0.4, 0.5) is 11.4 Å². The lowest BCUT2D eigenvalue weighted by atomic mass is 9.89. The molecule has 4 heteroatoms. The normalized spacial score (nSPS) is 14.4. The molecule has 0 atom stereocenters. The molecule has 1 fully saturated rings. The van der Waals surface area contributed by atoms with Crippen molar-refractivity contribution in [3.05, 3.63) is 65.7 Å². The maximum absolute atomic E-state index is 12.1. The van der Waals surface area contributed by atoms with Crippen molar-refractivity contribution >= 4 is 23.4 Å². The van der Waals surface area contributed by atoms with E-state index >= 15 is 0 Å². The first kappa shape index (κ1) is 23.7. The number of anilines is 2. The predicted octanol–water partition coefficient (Wildman–Crippen LogP) is 5.96. The van der Waals surface area contributed by atoms with Crippen LogP contribution in [0.1, 0.15) is 57.1 Å². The Morgan fingerprint density at radius 1 is 1.07 bits per heavy atom. The smallest absolute Gasteiger partial charge is 0.248 e. The third-order valence-corrected chi connectivity index (χ3v) is 5.37. The van der Waals surface area contributed by atoms with Crippen LogP contribution in [0.5, 0.6) is 0 Å². The first-order valence-electron chi connectivity index (χ1n) is 11.2. The van der Waals surface area contributed by atoms with Gasteiger partial charge in [-0.25, -0.2) is 0 Å². The molecule has 1 saturated carbocycles. The van der Waals surface area contributed by atoms with Gasteiger partial charge in [-0.05, 0) is 55.1 Å². The SMILES string of the molecule is CC.CN(Cc1ccc(/C=C/C(=O)Nc2ccccc2N)cc1)CC1CCCCC1. The molecule has 4 nitrogen and oxygen atoms in total. The van der Waals surface area contributed by atoms with E-state index in [0.717, 1.165) is 18.0 Å². The van der Waals surface area contributed by atoms with E-state index in [1.54, 1.807) is 12.1 Å². The standard InChI is InChI=1S/C24H31N3O.C2H6/c1-27(17-20-7-3-2-4-8-20)18-21-13-11-19(12-14-21)15-16-24(28)26-23-10-6-5-9-22(23)25;1-2/h5-6,9-16,20H,2-4,7-8,17-18,25H2,1H3,(H,26,28);1-2H3/b16-15+;. The number of nitrogens with zero attached hydrogens (tertiary/aromatic N) is 1. The maximum Gasteiger partial charge on any atom is 0.248 e. The molecule has 0 bridgehead atoms. The average molecular weight is 408 g/mol. The van der Waals surface area contributed by atoms with E-state index in [1.165, 1.54) is 50.3 Å². The monoisotopic (exact) mass is 407 g/mol. The van der Waals surface area contributed by atoms with Crippen molar-refractivity contribution in [3.63, 3.8) is 0 Å². The third kappa shape index (κ3) is 8.03. The number of rotatable bonds is 7. The van der Waals surface area contributed by atoms with Crippen molar-refractivity contribution in [3.8, 4) is 0 Å².